The molecule has 0 aromatic heterocycles. The first kappa shape index (κ1) is 13.4. The summed E-state index contributed by atoms with van der Waals surface area (Å²) in [5.74, 6) is -0.828. The Morgan fingerprint density at radius 2 is 1.93 bits per heavy atom. The van der Waals surface area contributed by atoms with Gasteiger partial charge < -0.3 is 10.2 Å². The van der Waals surface area contributed by atoms with Gasteiger partial charge in [0, 0.05) is 12.1 Å². The third-order valence-corrected chi connectivity index (χ3v) is 2.09. The molecule has 1 unspecified atom stereocenters. The highest BCUT2D eigenvalue weighted by Crippen LogP contribution is 2.13. The monoisotopic (exact) mass is 203 g/mol. The second kappa shape index (κ2) is 5.32. The van der Waals surface area contributed by atoms with E-state index >= 15 is 0 Å². The van der Waals surface area contributed by atoms with Crippen molar-refractivity contribution in [3.05, 3.63) is 0 Å². The minimum absolute atomic E-state index is 0.0240. The number of hydrogen-bond donors (Lipinski definition) is 2. The maximum absolute atomic E-state index is 10.6. The predicted molar refractivity (Wildman–Crippen MR) is 55.3 cm³/mol. The fourth-order valence-electron chi connectivity index (χ4n) is 1.16. The van der Waals surface area contributed by atoms with E-state index in [0.717, 1.165) is 0 Å². The first-order valence-corrected chi connectivity index (χ1v) is 4.88. The number of aliphatic carboxylic acids is 1. The molecule has 0 aliphatic carbocycles. The van der Waals surface area contributed by atoms with Gasteiger partial charge in [0.1, 0.15) is 0 Å². The van der Waals surface area contributed by atoms with Crippen molar-refractivity contribution < 1.29 is 15.0 Å². The molecule has 0 aliphatic rings. The average Bonchev–Trinajstić information content (AvgIpc) is 1.94. The summed E-state index contributed by atoms with van der Waals surface area (Å²) in [5, 5.41) is 17.8. The fourth-order valence-corrected chi connectivity index (χ4v) is 1.16. The molecular weight excluding hydrogens is 182 g/mol. The number of carboxylic acid groups (broad SMARTS) is 1. The van der Waals surface area contributed by atoms with E-state index < -0.39 is 5.97 Å². The molecule has 0 radical (unpaired) electrons. The quantitative estimate of drug-likeness (QED) is 0.698. The molecule has 4 nitrogen and oxygen atoms in total. The van der Waals surface area contributed by atoms with Crippen molar-refractivity contribution in [1.29, 1.82) is 0 Å². The molecule has 0 rings (SSSR count). The van der Waals surface area contributed by atoms with Gasteiger partial charge in [-0.3, -0.25) is 9.69 Å². The Morgan fingerprint density at radius 1 is 1.43 bits per heavy atom. The first-order valence-electron chi connectivity index (χ1n) is 4.88. The first-order chi connectivity index (χ1) is 6.23. The van der Waals surface area contributed by atoms with Crippen LogP contribution in [0, 0.1) is 0 Å². The van der Waals surface area contributed by atoms with Crippen molar-refractivity contribution in [3.63, 3.8) is 0 Å². The smallest absolute Gasteiger partial charge is 0.317 e. The number of nitrogens with zero attached hydrogens (tertiary/aromatic N) is 1. The van der Waals surface area contributed by atoms with Crippen LogP contribution in [0.5, 0.6) is 0 Å². The third kappa shape index (κ3) is 5.94. The van der Waals surface area contributed by atoms with Gasteiger partial charge in [-0.2, -0.15) is 0 Å². The molecule has 0 bridgehead atoms. The molecule has 0 aliphatic heterocycles. The van der Waals surface area contributed by atoms with Gasteiger partial charge in [-0.05, 0) is 34.1 Å². The summed E-state index contributed by atoms with van der Waals surface area (Å²) in [5.41, 5.74) is -0.173. The van der Waals surface area contributed by atoms with Gasteiger partial charge in [-0.15, -0.1) is 0 Å². The highest BCUT2D eigenvalue weighted by atomic mass is 16.4. The zero-order valence-electron chi connectivity index (χ0n) is 9.45. The van der Waals surface area contributed by atoms with Crippen molar-refractivity contribution in [2.45, 2.75) is 45.8 Å². The lowest BCUT2D eigenvalue weighted by Crippen LogP contribution is -2.45. The standard InChI is InChI=1S/C10H21NO3/c1-8(12)5-6-11(7-9(13)14)10(2,3)4/h8,12H,5-7H2,1-4H3,(H,13,14). The molecule has 2 N–H and O–H groups in total. The Balaban J connectivity index is 4.19. The Hall–Kier alpha value is -0.610. The van der Waals surface area contributed by atoms with Crippen molar-refractivity contribution in [1.82, 2.24) is 4.90 Å². The number of hydrogen-bond acceptors (Lipinski definition) is 3. The van der Waals surface area contributed by atoms with Crippen LogP contribution in [0.4, 0.5) is 0 Å². The van der Waals surface area contributed by atoms with Crippen molar-refractivity contribution in [2.75, 3.05) is 13.1 Å². The van der Waals surface area contributed by atoms with Crippen LogP contribution in [0.1, 0.15) is 34.1 Å². The van der Waals surface area contributed by atoms with Crippen LogP contribution in [0.2, 0.25) is 0 Å². The maximum atomic E-state index is 10.6. The predicted octanol–water partition coefficient (Wildman–Crippen LogP) is 0.942. The normalized spacial score (nSPS) is 14.4. The summed E-state index contributed by atoms with van der Waals surface area (Å²) < 4.78 is 0. The second-order valence-electron chi connectivity index (χ2n) is 4.62. The zero-order chi connectivity index (χ0) is 11.4. The van der Waals surface area contributed by atoms with Gasteiger partial charge in [-0.25, -0.2) is 0 Å². The van der Waals surface area contributed by atoms with Crippen LogP contribution >= 0.6 is 0 Å². The molecule has 0 spiro atoms. The number of aliphatic hydroxyl groups is 1. The van der Waals surface area contributed by atoms with Crippen LogP contribution in [0.25, 0.3) is 0 Å². The molecule has 84 valence electrons. The highest BCUT2D eigenvalue weighted by Gasteiger charge is 2.23. The van der Waals surface area contributed by atoms with E-state index in [9.17, 15) is 4.79 Å². The minimum Gasteiger partial charge on any atom is -0.480 e. The number of aliphatic hydroxyl groups excluding tert-OH is 1. The van der Waals surface area contributed by atoms with Crippen LogP contribution in [0.3, 0.4) is 0 Å². The molecule has 0 saturated heterocycles. The van der Waals surface area contributed by atoms with E-state index in [0.29, 0.717) is 13.0 Å². The molecule has 0 heterocycles. The second-order valence-corrected chi connectivity index (χ2v) is 4.62. The van der Waals surface area contributed by atoms with Crippen LogP contribution in [-0.4, -0.2) is 45.8 Å². The summed E-state index contributed by atoms with van der Waals surface area (Å²) >= 11 is 0. The van der Waals surface area contributed by atoms with Crippen LogP contribution in [-0.2, 0) is 4.79 Å². The summed E-state index contributed by atoms with van der Waals surface area (Å²) in [6, 6.07) is 0. The molecule has 0 aromatic carbocycles. The molecule has 0 amide bonds. The lowest BCUT2D eigenvalue weighted by molar-refractivity contribution is -0.139. The minimum atomic E-state index is -0.828. The summed E-state index contributed by atoms with van der Waals surface area (Å²) in [7, 11) is 0. The Labute approximate surface area is 85.5 Å². The van der Waals surface area contributed by atoms with E-state index in [4.69, 9.17) is 10.2 Å². The van der Waals surface area contributed by atoms with Crippen molar-refractivity contribution in [2.24, 2.45) is 0 Å². The Bertz CT molecular complexity index is 184. The van der Waals surface area contributed by atoms with E-state index in [1.807, 2.05) is 25.7 Å². The topological polar surface area (TPSA) is 60.8 Å². The van der Waals surface area contributed by atoms with Gasteiger partial charge in [0.05, 0.1) is 12.6 Å². The number of rotatable bonds is 5. The molecule has 1 atom stereocenters. The Kier molecular flexibility index (Phi) is 5.08. The van der Waals surface area contributed by atoms with Gasteiger partial charge in [-0.1, -0.05) is 0 Å². The lowest BCUT2D eigenvalue weighted by atomic mass is 10.1. The Morgan fingerprint density at radius 3 is 2.21 bits per heavy atom. The van der Waals surface area contributed by atoms with E-state index in [1.165, 1.54) is 0 Å². The largest absolute Gasteiger partial charge is 0.480 e. The van der Waals surface area contributed by atoms with E-state index in [2.05, 4.69) is 0 Å². The van der Waals surface area contributed by atoms with Crippen LogP contribution in [0.15, 0.2) is 0 Å². The van der Waals surface area contributed by atoms with Crippen LogP contribution < -0.4 is 0 Å². The number of carbonyl (C=O) groups is 1. The van der Waals surface area contributed by atoms with Gasteiger partial charge in [0.25, 0.3) is 0 Å². The van der Waals surface area contributed by atoms with Gasteiger partial charge in [0.15, 0.2) is 0 Å². The molecule has 0 saturated carbocycles. The third-order valence-electron chi connectivity index (χ3n) is 2.09. The molecule has 14 heavy (non-hydrogen) atoms. The summed E-state index contributed by atoms with van der Waals surface area (Å²) in [4.78, 5) is 12.4. The molecule has 0 fully saturated rings. The highest BCUT2D eigenvalue weighted by molar-refractivity contribution is 5.69. The SMILES string of the molecule is CC(O)CCN(CC(=O)O)C(C)(C)C. The average molecular weight is 203 g/mol. The maximum Gasteiger partial charge on any atom is 0.317 e. The van der Waals surface area contributed by atoms with Gasteiger partial charge >= 0.3 is 5.97 Å². The fraction of sp³-hybridized carbons (Fsp3) is 0.900. The number of carboxylic acids is 1. The summed E-state index contributed by atoms with van der Waals surface area (Å²) in [6.45, 7) is 8.25. The van der Waals surface area contributed by atoms with Gasteiger partial charge in [0.2, 0.25) is 0 Å². The van der Waals surface area contributed by atoms with E-state index in [-0.39, 0.29) is 18.2 Å². The molecular formula is C10H21NO3. The molecule has 0 aromatic rings. The molecule has 4 heteroatoms. The zero-order valence-corrected chi connectivity index (χ0v) is 9.45. The van der Waals surface area contributed by atoms with Crippen molar-refractivity contribution >= 4 is 5.97 Å². The summed E-state index contributed by atoms with van der Waals surface area (Å²) in [6.07, 6.45) is 0.221. The van der Waals surface area contributed by atoms with E-state index in [1.54, 1.807) is 6.92 Å². The van der Waals surface area contributed by atoms with Crippen molar-refractivity contribution in [3.8, 4) is 0 Å². The lowest BCUT2D eigenvalue weighted by Gasteiger charge is -2.34.